The molecule has 0 fully saturated rings. The molecule has 0 amide bonds. The van der Waals surface area contributed by atoms with Crippen molar-refractivity contribution in [2.75, 3.05) is 0 Å². The van der Waals surface area contributed by atoms with E-state index in [1.165, 1.54) is 5.57 Å². The van der Waals surface area contributed by atoms with E-state index in [2.05, 4.69) is 32.9 Å². The second-order valence-corrected chi connectivity index (χ2v) is 3.65. The van der Waals surface area contributed by atoms with Crippen LogP contribution in [0.1, 0.15) is 20.8 Å². The van der Waals surface area contributed by atoms with Crippen molar-refractivity contribution in [1.82, 2.24) is 0 Å². The van der Waals surface area contributed by atoms with E-state index in [1.54, 1.807) is 0 Å². The normalized spacial score (nSPS) is 28.4. The van der Waals surface area contributed by atoms with Crippen molar-refractivity contribution in [3.63, 3.8) is 0 Å². The van der Waals surface area contributed by atoms with Crippen molar-refractivity contribution in [3.05, 3.63) is 23.8 Å². The van der Waals surface area contributed by atoms with Crippen LogP contribution in [0.3, 0.4) is 0 Å². The Bertz CT molecular complexity index is 253. The number of nitriles is 1. The van der Waals surface area contributed by atoms with E-state index < -0.39 is 0 Å². The fourth-order valence-electron chi connectivity index (χ4n) is 1.69. The molecule has 0 radical (unpaired) electrons. The Kier molecular flexibility index (Phi) is 2.70. The maximum absolute atomic E-state index is 8.83. The van der Waals surface area contributed by atoms with Gasteiger partial charge in [0.1, 0.15) is 0 Å². The summed E-state index contributed by atoms with van der Waals surface area (Å²) >= 11 is 0. The van der Waals surface area contributed by atoms with E-state index in [4.69, 9.17) is 5.26 Å². The Morgan fingerprint density at radius 1 is 1.50 bits per heavy atom. The van der Waals surface area contributed by atoms with Crippen LogP contribution in [0.25, 0.3) is 0 Å². The Labute approximate surface area is 74.4 Å². The molecular weight excluding hydrogens is 146 g/mol. The number of hydrogen-bond acceptors (Lipinski definition) is 1. The maximum atomic E-state index is 8.83. The molecule has 0 heterocycles. The summed E-state index contributed by atoms with van der Waals surface area (Å²) in [5.74, 6) is 1.02. The highest BCUT2D eigenvalue weighted by Crippen LogP contribution is 2.30. The highest BCUT2D eigenvalue weighted by Gasteiger charge is 2.21. The molecule has 1 aliphatic rings. The van der Waals surface area contributed by atoms with Gasteiger partial charge in [-0.1, -0.05) is 44.6 Å². The van der Waals surface area contributed by atoms with E-state index in [1.807, 2.05) is 12.2 Å². The van der Waals surface area contributed by atoms with Gasteiger partial charge in [-0.15, -0.1) is 0 Å². The summed E-state index contributed by atoms with van der Waals surface area (Å²) in [6.07, 6.45) is 6.13. The Morgan fingerprint density at radius 3 is 2.67 bits per heavy atom. The van der Waals surface area contributed by atoms with Crippen LogP contribution in [-0.4, -0.2) is 0 Å². The van der Waals surface area contributed by atoms with Gasteiger partial charge in [0, 0.05) is 0 Å². The molecule has 1 aliphatic carbocycles. The minimum absolute atomic E-state index is 0.0763. The van der Waals surface area contributed by atoms with Gasteiger partial charge in [-0.25, -0.2) is 0 Å². The molecule has 2 atom stereocenters. The van der Waals surface area contributed by atoms with E-state index in [0.29, 0.717) is 11.8 Å². The Hall–Kier alpha value is -1.03. The molecule has 0 aromatic rings. The largest absolute Gasteiger partial charge is 0.198 e. The first-order chi connectivity index (χ1) is 5.66. The van der Waals surface area contributed by atoms with Crippen LogP contribution in [0.4, 0.5) is 0 Å². The molecule has 1 rings (SSSR count). The zero-order valence-corrected chi connectivity index (χ0v) is 7.91. The molecule has 0 spiro atoms. The number of nitrogens with zero attached hydrogens (tertiary/aromatic N) is 1. The molecule has 0 saturated carbocycles. The molecule has 0 bridgehead atoms. The third-order valence-electron chi connectivity index (χ3n) is 2.49. The van der Waals surface area contributed by atoms with Crippen molar-refractivity contribution in [2.24, 2.45) is 17.8 Å². The summed E-state index contributed by atoms with van der Waals surface area (Å²) in [6.45, 7) is 6.48. The molecule has 0 aliphatic heterocycles. The molecule has 0 saturated heterocycles. The number of allylic oxidation sites excluding steroid dienone is 4. The smallest absolute Gasteiger partial charge is 0.0709 e. The molecule has 64 valence electrons. The third kappa shape index (κ3) is 1.58. The van der Waals surface area contributed by atoms with Gasteiger partial charge in [0.25, 0.3) is 0 Å². The molecule has 0 N–H and O–H groups in total. The molecule has 0 aromatic heterocycles. The lowest BCUT2D eigenvalue weighted by Gasteiger charge is -2.24. The van der Waals surface area contributed by atoms with Gasteiger partial charge < -0.3 is 0 Å². The fraction of sp³-hybridized carbons (Fsp3) is 0.545. The lowest BCUT2D eigenvalue weighted by Crippen LogP contribution is -2.16. The monoisotopic (exact) mass is 161 g/mol. The maximum Gasteiger partial charge on any atom is 0.0709 e. The van der Waals surface area contributed by atoms with Crippen LogP contribution in [0.2, 0.25) is 0 Å². The quantitative estimate of drug-likeness (QED) is 0.580. The predicted molar refractivity (Wildman–Crippen MR) is 50.3 cm³/mol. The van der Waals surface area contributed by atoms with Gasteiger partial charge in [-0.05, 0) is 11.8 Å². The summed E-state index contributed by atoms with van der Waals surface area (Å²) in [5, 5.41) is 8.83. The number of hydrogen-bond donors (Lipinski definition) is 0. The van der Waals surface area contributed by atoms with Gasteiger partial charge in [0.05, 0.1) is 12.0 Å². The van der Waals surface area contributed by atoms with Gasteiger partial charge in [0.15, 0.2) is 0 Å². The summed E-state index contributed by atoms with van der Waals surface area (Å²) < 4.78 is 0. The highest BCUT2D eigenvalue weighted by molar-refractivity contribution is 5.27. The minimum atomic E-state index is 0.0763. The first-order valence-electron chi connectivity index (χ1n) is 4.44. The lowest BCUT2D eigenvalue weighted by atomic mass is 9.79. The van der Waals surface area contributed by atoms with Crippen molar-refractivity contribution >= 4 is 0 Å². The first-order valence-corrected chi connectivity index (χ1v) is 4.44. The summed E-state index contributed by atoms with van der Waals surface area (Å²) in [7, 11) is 0. The van der Waals surface area contributed by atoms with Gasteiger partial charge >= 0.3 is 0 Å². The van der Waals surface area contributed by atoms with Gasteiger partial charge in [-0.3, -0.25) is 0 Å². The van der Waals surface area contributed by atoms with Crippen molar-refractivity contribution in [3.8, 4) is 6.07 Å². The second-order valence-electron chi connectivity index (χ2n) is 3.65. The van der Waals surface area contributed by atoms with Crippen molar-refractivity contribution in [1.29, 1.82) is 5.26 Å². The van der Waals surface area contributed by atoms with Crippen LogP contribution in [0, 0.1) is 29.1 Å². The van der Waals surface area contributed by atoms with Crippen LogP contribution in [0.5, 0.6) is 0 Å². The van der Waals surface area contributed by atoms with Crippen LogP contribution in [0.15, 0.2) is 23.8 Å². The average molecular weight is 161 g/mol. The highest BCUT2D eigenvalue weighted by atomic mass is 14.3. The first kappa shape index (κ1) is 9.06. The lowest BCUT2D eigenvalue weighted by molar-refractivity contribution is 0.517. The Morgan fingerprint density at radius 2 is 2.17 bits per heavy atom. The number of rotatable bonds is 1. The van der Waals surface area contributed by atoms with E-state index in [-0.39, 0.29) is 5.92 Å². The molecule has 12 heavy (non-hydrogen) atoms. The molecule has 1 heteroatoms. The predicted octanol–water partition coefficient (Wildman–Crippen LogP) is 2.91. The van der Waals surface area contributed by atoms with E-state index >= 15 is 0 Å². The SMILES string of the molecule is CC(C)C1=CC=CC(C#N)C1C. The van der Waals surface area contributed by atoms with Crippen LogP contribution >= 0.6 is 0 Å². The summed E-state index contributed by atoms with van der Waals surface area (Å²) in [6, 6.07) is 2.31. The minimum Gasteiger partial charge on any atom is -0.198 e. The third-order valence-corrected chi connectivity index (χ3v) is 2.49. The molecule has 1 nitrogen and oxygen atoms in total. The summed E-state index contributed by atoms with van der Waals surface area (Å²) in [5.41, 5.74) is 1.39. The fourth-order valence-corrected chi connectivity index (χ4v) is 1.69. The zero-order valence-electron chi connectivity index (χ0n) is 7.91. The summed E-state index contributed by atoms with van der Waals surface area (Å²) in [4.78, 5) is 0. The van der Waals surface area contributed by atoms with E-state index in [9.17, 15) is 0 Å². The molecule has 0 aromatic carbocycles. The van der Waals surface area contributed by atoms with Crippen molar-refractivity contribution < 1.29 is 0 Å². The van der Waals surface area contributed by atoms with Gasteiger partial charge in [0.2, 0.25) is 0 Å². The van der Waals surface area contributed by atoms with Gasteiger partial charge in [-0.2, -0.15) is 5.26 Å². The molecular formula is C11H15N. The topological polar surface area (TPSA) is 23.8 Å². The Balaban J connectivity index is 2.85. The second kappa shape index (κ2) is 3.58. The van der Waals surface area contributed by atoms with E-state index in [0.717, 1.165) is 0 Å². The van der Waals surface area contributed by atoms with Crippen molar-refractivity contribution in [2.45, 2.75) is 20.8 Å². The van der Waals surface area contributed by atoms with Crippen LogP contribution in [-0.2, 0) is 0 Å². The molecule has 2 unspecified atom stereocenters. The average Bonchev–Trinajstić information content (AvgIpc) is 2.04. The van der Waals surface area contributed by atoms with Crippen LogP contribution < -0.4 is 0 Å². The zero-order chi connectivity index (χ0) is 9.14. The standard InChI is InChI=1S/C11H15N/c1-8(2)11-6-4-5-10(7-12)9(11)3/h4-6,8-10H,1-3H3.